The van der Waals surface area contributed by atoms with Crippen LogP contribution in [-0.2, 0) is 6.42 Å². The molecule has 0 amide bonds. The Bertz CT molecular complexity index is 528. The van der Waals surface area contributed by atoms with Crippen LogP contribution in [0.4, 0.5) is 10.7 Å². The van der Waals surface area contributed by atoms with E-state index in [2.05, 4.69) is 36.3 Å². The summed E-state index contributed by atoms with van der Waals surface area (Å²) in [6.07, 6.45) is 0.966. The molecule has 2 heterocycles. The lowest BCUT2D eigenvalue weighted by Gasteiger charge is -2.19. The molecule has 0 saturated heterocycles. The van der Waals surface area contributed by atoms with Crippen molar-refractivity contribution >= 4 is 22.0 Å². The minimum Gasteiger partial charge on any atom is -0.345 e. The number of fused-ring (bicyclic) bond motifs is 2. The second-order valence-corrected chi connectivity index (χ2v) is 4.89. The van der Waals surface area contributed by atoms with Crippen LogP contribution >= 0.6 is 11.3 Å². The lowest BCUT2D eigenvalue weighted by atomic mass is 9.97. The summed E-state index contributed by atoms with van der Waals surface area (Å²) in [4.78, 5) is 4.38. The zero-order chi connectivity index (χ0) is 10.4. The van der Waals surface area contributed by atoms with Gasteiger partial charge >= 0.3 is 0 Å². The van der Waals surface area contributed by atoms with Crippen molar-refractivity contribution in [3.05, 3.63) is 40.0 Å². The average molecular weight is 216 g/mol. The van der Waals surface area contributed by atoms with Crippen LogP contribution in [0.1, 0.15) is 22.4 Å². The third kappa shape index (κ3) is 1.35. The smallest absolute Gasteiger partial charge is 0.116 e. The van der Waals surface area contributed by atoms with Crippen LogP contribution in [0.3, 0.4) is 0 Å². The molecular weight excluding hydrogens is 204 g/mol. The topological polar surface area (TPSA) is 24.9 Å². The van der Waals surface area contributed by atoms with Gasteiger partial charge in [0.15, 0.2) is 0 Å². The number of aryl methyl sites for hydroxylation is 2. The van der Waals surface area contributed by atoms with E-state index < -0.39 is 0 Å². The van der Waals surface area contributed by atoms with Gasteiger partial charge in [-0.2, -0.15) is 0 Å². The second kappa shape index (κ2) is 3.07. The molecule has 2 aromatic rings. The standard InChI is InChI=1S/C12H12N2S/c1-7-3-8(2)9-5-11-12(15-6-13-11)14-10(9)4-7/h3-4,6,14H,5H2,1-2H3. The summed E-state index contributed by atoms with van der Waals surface area (Å²) >= 11 is 1.68. The van der Waals surface area contributed by atoms with E-state index in [4.69, 9.17) is 0 Å². The second-order valence-electron chi connectivity index (χ2n) is 4.04. The maximum absolute atomic E-state index is 4.38. The number of nitrogens with one attached hydrogen (secondary N) is 1. The van der Waals surface area contributed by atoms with Crippen LogP contribution in [0.5, 0.6) is 0 Å². The molecule has 0 spiro atoms. The molecule has 3 rings (SSSR count). The van der Waals surface area contributed by atoms with Gasteiger partial charge in [0.1, 0.15) is 5.00 Å². The maximum Gasteiger partial charge on any atom is 0.116 e. The lowest BCUT2D eigenvalue weighted by molar-refractivity contribution is 1.06. The normalized spacial score (nSPS) is 12.9. The summed E-state index contributed by atoms with van der Waals surface area (Å²) in [5.41, 5.74) is 8.40. The summed E-state index contributed by atoms with van der Waals surface area (Å²) < 4.78 is 0. The Labute approximate surface area is 93.0 Å². The molecule has 3 heteroatoms. The molecule has 0 unspecified atom stereocenters. The third-order valence-electron chi connectivity index (χ3n) is 2.85. The molecule has 2 nitrogen and oxygen atoms in total. The van der Waals surface area contributed by atoms with Crippen molar-refractivity contribution in [2.75, 3.05) is 5.32 Å². The van der Waals surface area contributed by atoms with Crippen molar-refractivity contribution in [2.24, 2.45) is 0 Å². The summed E-state index contributed by atoms with van der Waals surface area (Å²) in [6, 6.07) is 4.45. The number of rotatable bonds is 0. The predicted octanol–water partition coefficient (Wildman–Crippen LogP) is 3.41. The van der Waals surface area contributed by atoms with Gasteiger partial charge in [-0.15, -0.1) is 11.3 Å². The monoisotopic (exact) mass is 216 g/mol. The number of thiazole rings is 1. The maximum atomic E-state index is 4.38. The van der Waals surface area contributed by atoms with Crippen molar-refractivity contribution in [1.29, 1.82) is 0 Å². The van der Waals surface area contributed by atoms with Gasteiger partial charge in [-0.25, -0.2) is 4.98 Å². The van der Waals surface area contributed by atoms with Gasteiger partial charge in [-0.3, -0.25) is 0 Å². The molecule has 1 aliphatic heterocycles. The van der Waals surface area contributed by atoms with Gasteiger partial charge in [-0.1, -0.05) is 6.07 Å². The zero-order valence-corrected chi connectivity index (χ0v) is 9.61. The minimum atomic E-state index is 0.966. The van der Waals surface area contributed by atoms with Crippen LogP contribution in [0.25, 0.3) is 0 Å². The highest BCUT2D eigenvalue weighted by Gasteiger charge is 2.18. The fraction of sp³-hybridized carbons (Fsp3) is 0.250. The van der Waals surface area contributed by atoms with Crippen LogP contribution in [0, 0.1) is 13.8 Å². The molecule has 76 valence electrons. The average Bonchev–Trinajstić information content (AvgIpc) is 2.61. The van der Waals surface area contributed by atoms with E-state index in [1.807, 2.05) is 5.51 Å². The minimum absolute atomic E-state index is 0.966. The molecule has 0 saturated carbocycles. The third-order valence-corrected chi connectivity index (χ3v) is 3.64. The van der Waals surface area contributed by atoms with Gasteiger partial charge in [-0.05, 0) is 36.6 Å². The number of hydrogen-bond acceptors (Lipinski definition) is 3. The molecule has 1 N–H and O–H groups in total. The molecule has 0 fully saturated rings. The summed E-state index contributed by atoms with van der Waals surface area (Å²) in [5, 5.41) is 4.66. The predicted molar refractivity (Wildman–Crippen MR) is 64.1 cm³/mol. The van der Waals surface area contributed by atoms with Crippen LogP contribution in [-0.4, -0.2) is 4.98 Å². The quantitative estimate of drug-likeness (QED) is 0.623. The van der Waals surface area contributed by atoms with Crippen LogP contribution in [0.15, 0.2) is 17.6 Å². The van der Waals surface area contributed by atoms with E-state index in [1.54, 1.807) is 11.3 Å². The first kappa shape index (κ1) is 8.92. The highest BCUT2D eigenvalue weighted by atomic mass is 32.1. The van der Waals surface area contributed by atoms with E-state index in [9.17, 15) is 0 Å². The fourth-order valence-electron chi connectivity index (χ4n) is 2.13. The van der Waals surface area contributed by atoms with Crippen molar-refractivity contribution in [3.63, 3.8) is 0 Å². The molecule has 1 aliphatic rings. The Morgan fingerprint density at radius 3 is 3.07 bits per heavy atom. The number of anilines is 2. The van der Waals surface area contributed by atoms with Crippen molar-refractivity contribution in [3.8, 4) is 0 Å². The van der Waals surface area contributed by atoms with E-state index >= 15 is 0 Å². The summed E-state index contributed by atoms with van der Waals surface area (Å²) in [6.45, 7) is 4.31. The van der Waals surface area contributed by atoms with Gasteiger partial charge in [0, 0.05) is 12.1 Å². The van der Waals surface area contributed by atoms with E-state index in [1.165, 1.54) is 33.1 Å². The molecule has 0 radical (unpaired) electrons. The van der Waals surface area contributed by atoms with Crippen LogP contribution < -0.4 is 5.32 Å². The Morgan fingerprint density at radius 2 is 2.20 bits per heavy atom. The first-order chi connectivity index (χ1) is 7.24. The van der Waals surface area contributed by atoms with Crippen LogP contribution in [0.2, 0.25) is 0 Å². The van der Waals surface area contributed by atoms with Gasteiger partial charge in [0.25, 0.3) is 0 Å². The number of aromatic nitrogens is 1. The highest BCUT2D eigenvalue weighted by molar-refractivity contribution is 7.14. The number of benzene rings is 1. The fourth-order valence-corrected chi connectivity index (χ4v) is 2.85. The van der Waals surface area contributed by atoms with Crippen molar-refractivity contribution in [1.82, 2.24) is 4.98 Å². The lowest BCUT2D eigenvalue weighted by Crippen LogP contribution is -2.07. The van der Waals surface area contributed by atoms with E-state index in [0.717, 1.165) is 6.42 Å². The molecule has 1 aromatic carbocycles. The Balaban J connectivity index is 2.17. The highest BCUT2D eigenvalue weighted by Crippen LogP contribution is 2.36. The van der Waals surface area contributed by atoms with E-state index in [0.29, 0.717) is 0 Å². The first-order valence-electron chi connectivity index (χ1n) is 5.03. The first-order valence-corrected chi connectivity index (χ1v) is 5.91. The zero-order valence-electron chi connectivity index (χ0n) is 8.79. The number of hydrogen-bond donors (Lipinski definition) is 1. The van der Waals surface area contributed by atoms with Crippen molar-refractivity contribution < 1.29 is 0 Å². The number of nitrogens with zero attached hydrogens (tertiary/aromatic N) is 1. The van der Waals surface area contributed by atoms with Gasteiger partial charge in [0.2, 0.25) is 0 Å². The molecule has 15 heavy (non-hydrogen) atoms. The van der Waals surface area contributed by atoms with E-state index in [-0.39, 0.29) is 0 Å². The van der Waals surface area contributed by atoms with Crippen molar-refractivity contribution in [2.45, 2.75) is 20.3 Å². The largest absolute Gasteiger partial charge is 0.345 e. The Morgan fingerprint density at radius 1 is 1.33 bits per heavy atom. The van der Waals surface area contributed by atoms with Gasteiger partial charge < -0.3 is 5.32 Å². The Kier molecular flexibility index (Phi) is 1.83. The summed E-state index contributed by atoms with van der Waals surface area (Å²) in [5.74, 6) is 0. The molecule has 0 atom stereocenters. The summed E-state index contributed by atoms with van der Waals surface area (Å²) in [7, 11) is 0. The SMILES string of the molecule is Cc1cc(C)c2c(c1)Nc1scnc1C2. The molecular formula is C12H12N2S. The molecule has 0 aliphatic carbocycles. The molecule has 0 bridgehead atoms. The molecule has 1 aromatic heterocycles. The Hall–Kier alpha value is -1.35. The van der Waals surface area contributed by atoms with Gasteiger partial charge in [0.05, 0.1) is 11.2 Å².